The zero-order valence-electron chi connectivity index (χ0n) is 12.8. The lowest BCUT2D eigenvalue weighted by Gasteiger charge is -2.32. The summed E-state index contributed by atoms with van der Waals surface area (Å²) in [5.41, 5.74) is 0.236. The quantitative estimate of drug-likeness (QED) is 0.811. The van der Waals surface area contributed by atoms with E-state index in [-0.39, 0.29) is 17.6 Å². The molecule has 1 saturated heterocycles. The van der Waals surface area contributed by atoms with E-state index in [2.05, 4.69) is 24.2 Å². The number of nitrogens with zero attached hydrogens (tertiary/aromatic N) is 1. The second-order valence-electron chi connectivity index (χ2n) is 6.36. The number of thioether (sulfide) groups is 1. The zero-order chi connectivity index (χ0) is 14.6. The van der Waals surface area contributed by atoms with E-state index in [1.165, 1.54) is 39.2 Å². The number of hydrogen-bond acceptors (Lipinski definition) is 4. The van der Waals surface area contributed by atoms with Gasteiger partial charge >= 0.3 is 5.97 Å². The van der Waals surface area contributed by atoms with Crippen molar-refractivity contribution in [2.24, 2.45) is 10.9 Å². The number of carbonyl (C=O) groups excluding carboxylic acids is 1. The molecule has 4 nitrogen and oxygen atoms in total. The van der Waals surface area contributed by atoms with E-state index < -0.39 is 0 Å². The number of rotatable bonds is 4. The van der Waals surface area contributed by atoms with Crippen molar-refractivity contribution in [2.75, 3.05) is 12.9 Å². The minimum Gasteiger partial charge on any atom is -0.467 e. The summed E-state index contributed by atoms with van der Waals surface area (Å²) in [7, 11) is 1.44. The molecule has 0 radical (unpaired) electrons. The number of carbonyl (C=O) groups is 1. The van der Waals surface area contributed by atoms with Gasteiger partial charge in [0.25, 0.3) is 0 Å². The SMILES string of the molecule is COC(=O)C(CC(C)C)N=C1NC2(CCCCC2)CS1. The first kappa shape index (κ1) is 15.7. The number of esters is 1. The number of amidine groups is 1. The van der Waals surface area contributed by atoms with Crippen molar-refractivity contribution < 1.29 is 9.53 Å². The molecule has 2 rings (SSSR count). The maximum atomic E-state index is 11.8. The highest BCUT2D eigenvalue weighted by molar-refractivity contribution is 8.14. The van der Waals surface area contributed by atoms with E-state index in [9.17, 15) is 4.79 Å². The molecule has 0 amide bonds. The second-order valence-corrected chi connectivity index (χ2v) is 7.32. The Morgan fingerprint density at radius 1 is 1.40 bits per heavy atom. The maximum absolute atomic E-state index is 11.8. The minimum absolute atomic E-state index is 0.224. The van der Waals surface area contributed by atoms with Crippen molar-refractivity contribution in [3.8, 4) is 0 Å². The summed E-state index contributed by atoms with van der Waals surface area (Å²) in [6.45, 7) is 4.21. The van der Waals surface area contributed by atoms with E-state index in [0.717, 1.165) is 17.3 Å². The van der Waals surface area contributed by atoms with Crippen molar-refractivity contribution in [3.05, 3.63) is 0 Å². The Labute approximate surface area is 126 Å². The summed E-state index contributed by atoms with van der Waals surface area (Å²) in [5.74, 6) is 1.29. The first-order valence-corrected chi connectivity index (χ1v) is 8.60. The molecule has 5 heteroatoms. The first-order chi connectivity index (χ1) is 9.54. The van der Waals surface area contributed by atoms with Crippen LogP contribution in [-0.4, -0.2) is 35.6 Å². The monoisotopic (exact) mass is 298 g/mol. The molecule has 1 spiro atoms. The highest BCUT2D eigenvalue weighted by atomic mass is 32.2. The van der Waals surface area contributed by atoms with Crippen LogP contribution in [0.4, 0.5) is 0 Å². The fraction of sp³-hybridized carbons (Fsp3) is 0.867. The van der Waals surface area contributed by atoms with Crippen molar-refractivity contribution in [1.82, 2.24) is 5.32 Å². The number of methoxy groups -OCH3 is 1. The average Bonchev–Trinajstić information content (AvgIpc) is 2.80. The third kappa shape index (κ3) is 3.90. The molecule has 2 aliphatic rings. The molecule has 0 bridgehead atoms. The Morgan fingerprint density at radius 2 is 2.10 bits per heavy atom. The molecule has 1 saturated carbocycles. The van der Waals surface area contributed by atoms with Gasteiger partial charge in [-0.1, -0.05) is 44.9 Å². The van der Waals surface area contributed by atoms with Crippen molar-refractivity contribution in [1.29, 1.82) is 0 Å². The predicted octanol–water partition coefficient (Wildman–Crippen LogP) is 2.97. The van der Waals surface area contributed by atoms with Crippen LogP contribution in [0.15, 0.2) is 4.99 Å². The molecule has 0 aromatic heterocycles. The van der Waals surface area contributed by atoms with Gasteiger partial charge in [0.15, 0.2) is 11.2 Å². The van der Waals surface area contributed by atoms with Crippen LogP contribution in [0.2, 0.25) is 0 Å². The van der Waals surface area contributed by atoms with Gasteiger partial charge < -0.3 is 10.1 Å². The van der Waals surface area contributed by atoms with E-state index in [4.69, 9.17) is 4.74 Å². The van der Waals surface area contributed by atoms with E-state index in [1.807, 2.05) is 0 Å². The lowest BCUT2D eigenvalue weighted by molar-refractivity contribution is -0.142. The zero-order valence-corrected chi connectivity index (χ0v) is 13.6. The summed E-state index contributed by atoms with van der Waals surface area (Å²) in [5, 5.41) is 4.53. The van der Waals surface area contributed by atoms with Crippen molar-refractivity contribution in [2.45, 2.75) is 64.0 Å². The summed E-state index contributed by atoms with van der Waals surface area (Å²) < 4.78 is 4.88. The van der Waals surface area contributed by atoms with E-state index in [1.54, 1.807) is 11.8 Å². The molecule has 1 N–H and O–H groups in total. The van der Waals surface area contributed by atoms with Gasteiger partial charge in [-0.15, -0.1) is 0 Å². The Kier molecular flexibility index (Phi) is 5.35. The van der Waals surface area contributed by atoms with Crippen LogP contribution < -0.4 is 5.32 Å². The second kappa shape index (κ2) is 6.83. The summed E-state index contributed by atoms with van der Waals surface area (Å²) >= 11 is 1.76. The molecule has 1 aliphatic carbocycles. The molecule has 1 aliphatic heterocycles. The summed E-state index contributed by atoms with van der Waals surface area (Å²) in [4.78, 5) is 16.5. The Hall–Kier alpha value is -0.710. The first-order valence-electron chi connectivity index (χ1n) is 7.61. The topological polar surface area (TPSA) is 50.7 Å². The molecule has 0 aromatic rings. The van der Waals surface area contributed by atoms with Gasteiger partial charge in [0.05, 0.1) is 7.11 Å². The summed E-state index contributed by atoms with van der Waals surface area (Å²) in [6.07, 6.45) is 7.14. The lowest BCUT2D eigenvalue weighted by atomic mass is 9.83. The number of aliphatic imine (C=N–C) groups is 1. The fourth-order valence-corrected chi connectivity index (χ4v) is 4.26. The Balaban J connectivity index is 2.03. The van der Waals surface area contributed by atoms with Crippen molar-refractivity contribution in [3.63, 3.8) is 0 Å². The Morgan fingerprint density at radius 3 is 2.70 bits per heavy atom. The van der Waals surface area contributed by atoms with Crippen molar-refractivity contribution >= 4 is 22.9 Å². The smallest absolute Gasteiger partial charge is 0.330 e. The molecule has 1 unspecified atom stereocenters. The van der Waals surface area contributed by atoms with E-state index in [0.29, 0.717) is 5.92 Å². The highest BCUT2D eigenvalue weighted by Gasteiger charge is 2.38. The van der Waals surface area contributed by atoms with Gasteiger partial charge in [0.1, 0.15) is 0 Å². The van der Waals surface area contributed by atoms with Gasteiger partial charge in [0.2, 0.25) is 0 Å². The van der Waals surface area contributed by atoms with Crippen LogP contribution >= 0.6 is 11.8 Å². The number of hydrogen-bond donors (Lipinski definition) is 1. The van der Waals surface area contributed by atoms with Crippen LogP contribution in [0, 0.1) is 5.92 Å². The molecule has 114 valence electrons. The maximum Gasteiger partial charge on any atom is 0.330 e. The minimum atomic E-state index is -0.367. The summed E-state index contributed by atoms with van der Waals surface area (Å²) in [6, 6.07) is -0.367. The van der Waals surface area contributed by atoms with Gasteiger partial charge in [-0.05, 0) is 25.2 Å². The van der Waals surface area contributed by atoms with Gasteiger partial charge in [-0.25, -0.2) is 9.79 Å². The van der Waals surface area contributed by atoms with Gasteiger partial charge in [-0.3, -0.25) is 0 Å². The predicted molar refractivity (Wildman–Crippen MR) is 84.1 cm³/mol. The molecule has 2 fully saturated rings. The van der Waals surface area contributed by atoms with Crippen LogP contribution in [0.5, 0.6) is 0 Å². The normalized spacial score (nSPS) is 24.9. The number of ether oxygens (including phenoxy) is 1. The van der Waals surface area contributed by atoms with Gasteiger partial charge in [0, 0.05) is 11.3 Å². The number of nitrogens with one attached hydrogen (secondary N) is 1. The highest BCUT2D eigenvalue weighted by Crippen LogP contribution is 2.36. The lowest BCUT2D eigenvalue weighted by Crippen LogP contribution is -2.45. The molecule has 20 heavy (non-hydrogen) atoms. The van der Waals surface area contributed by atoms with Crippen LogP contribution in [0.25, 0.3) is 0 Å². The Bertz CT molecular complexity index is 376. The third-order valence-corrected chi connectivity index (χ3v) is 5.29. The molecule has 1 atom stereocenters. The molecule has 0 aromatic carbocycles. The average molecular weight is 298 g/mol. The molecular formula is C15H26N2O2S. The largest absolute Gasteiger partial charge is 0.467 e. The standard InChI is InChI=1S/C15H26N2O2S/c1-11(2)9-12(13(18)19-3)16-14-17-15(10-20-14)7-5-4-6-8-15/h11-12H,4-10H2,1-3H3,(H,16,17). The van der Waals surface area contributed by atoms with Crippen LogP contribution in [-0.2, 0) is 9.53 Å². The fourth-order valence-electron chi connectivity index (χ4n) is 3.00. The van der Waals surface area contributed by atoms with Crippen LogP contribution in [0.3, 0.4) is 0 Å². The molecular weight excluding hydrogens is 272 g/mol. The molecule has 1 heterocycles. The van der Waals surface area contributed by atoms with Gasteiger partial charge in [-0.2, -0.15) is 0 Å². The van der Waals surface area contributed by atoms with E-state index >= 15 is 0 Å². The third-order valence-electron chi connectivity index (χ3n) is 4.11. The van der Waals surface area contributed by atoms with Crippen LogP contribution in [0.1, 0.15) is 52.4 Å².